The van der Waals surface area contributed by atoms with Crippen molar-refractivity contribution >= 4 is 57.7 Å². The number of carbonyl (C=O) groups excluding carboxylic acids is 3. The zero-order chi connectivity index (χ0) is 32.5. The molecule has 3 N–H and O–H groups in total. The maximum atomic E-state index is 13.5. The summed E-state index contributed by atoms with van der Waals surface area (Å²) in [5.74, 6) is -0.994. The molecule has 7 nitrogen and oxygen atoms in total. The number of nitrogens with zero attached hydrogens (tertiary/aromatic N) is 1. The molecule has 0 spiro atoms. The van der Waals surface area contributed by atoms with Crippen molar-refractivity contribution in [2.75, 3.05) is 10.6 Å². The summed E-state index contributed by atoms with van der Waals surface area (Å²) in [4.78, 5) is 46.3. The summed E-state index contributed by atoms with van der Waals surface area (Å²) in [7, 11) is 0. The summed E-state index contributed by atoms with van der Waals surface area (Å²) in [6, 6.07) is 33.5. The topological polar surface area (TPSA) is 100 Å². The van der Waals surface area contributed by atoms with Gasteiger partial charge in [0, 0.05) is 26.6 Å². The van der Waals surface area contributed by atoms with Crippen molar-refractivity contribution in [3.63, 3.8) is 0 Å². The van der Waals surface area contributed by atoms with Gasteiger partial charge in [0.15, 0.2) is 5.13 Å². The number of anilines is 2. The smallest absolute Gasteiger partial charge is 0.272 e. The van der Waals surface area contributed by atoms with E-state index >= 15 is 0 Å². The van der Waals surface area contributed by atoms with Crippen LogP contribution in [-0.2, 0) is 9.59 Å². The van der Waals surface area contributed by atoms with E-state index in [4.69, 9.17) is 4.98 Å². The van der Waals surface area contributed by atoms with Crippen LogP contribution >= 0.6 is 23.1 Å². The maximum absolute atomic E-state index is 13.5. The first-order valence-corrected chi connectivity index (χ1v) is 16.5. The summed E-state index contributed by atoms with van der Waals surface area (Å²) in [6.07, 6.45) is 2.23. The second kappa shape index (κ2) is 15.3. The molecule has 0 aliphatic carbocycles. The highest BCUT2D eigenvalue weighted by Gasteiger charge is 2.21. The van der Waals surface area contributed by atoms with Crippen molar-refractivity contribution in [1.82, 2.24) is 10.3 Å². The van der Waals surface area contributed by atoms with Crippen LogP contribution in [0.25, 0.3) is 17.3 Å². The molecule has 4 aromatic carbocycles. The third kappa shape index (κ3) is 8.59. The van der Waals surface area contributed by atoms with E-state index in [1.165, 1.54) is 28.7 Å². The van der Waals surface area contributed by atoms with E-state index < -0.39 is 5.91 Å². The van der Waals surface area contributed by atoms with E-state index in [1.807, 2.05) is 99.6 Å². The van der Waals surface area contributed by atoms with Crippen LogP contribution in [0.5, 0.6) is 0 Å². The summed E-state index contributed by atoms with van der Waals surface area (Å²) in [5, 5.41) is 8.85. The normalized spacial score (nSPS) is 11.8. The number of thiazole rings is 1. The molecule has 1 heterocycles. The molecule has 5 rings (SSSR count). The molecule has 1 atom stereocenters. The van der Waals surface area contributed by atoms with E-state index in [2.05, 4.69) is 16.0 Å². The van der Waals surface area contributed by atoms with Gasteiger partial charge >= 0.3 is 0 Å². The fourth-order valence-corrected chi connectivity index (χ4v) is 6.46. The van der Waals surface area contributed by atoms with Crippen molar-refractivity contribution in [3.05, 3.63) is 136 Å². The number of carbonyl (C=O) groups is 3. The van der Waals surface area contributed by atoms with Crippen LogP contribution in [0.4, 0.5) is 10.8 Å². The third-order valence-electron chi connectivity index (χ3n) is 7.02. The molecule has 0 fully saturated rings. The number of amides is 3. The van der Waals surface area contributed by atoms with Gasteiger partial charge in [-0.25, -0.2) is 4.98 Å². The third-order valence-corrected chi connectivity index (χ3v) is 9.27. The van der Waals surface area contributed by atoms with Gasteiger partial charge in [0.1, 0.15) is 5.70 Å². The first kappa shape index (κ1) is 32.4. The average molecular weight is 647 g/mol. The first-order chi connectivity index (χ1) is 22.3. The number of thioether (sulfide) groups is 1. The minimum absolute atomic E-state index is 0.104. The van der Waals surface area contributed by atoms with Gasteiger partial charge in [0.25, 0.3) is 11.8 Å². The predicted molar refractivity (Wildman–Crippen MR) is 189 cm³/mol. The second-order valence-corrected chi connectivity index (χ2v) is 13.0. The van der Waals surface area contributed by atoms with Gasteiger partial charge in [-0.05, 0) is 62.2 Å². The molecule has 46 heavy (non-hydrogen) atoms. The molecule has 3 amide bonds. The van der Waals surface area contributed by atoms with Gasteiger partial charge in [0.05, 0.1) is 10.9 Å². The fraction of sp³-hybridized carbons (Fsp3) is 0.135. The van der Waals surface area contributed by atoms with Crippen LogP contribution in [0.15, 0.2) is 120 Å². The van der Waals surface area contributed by atoms with Crippen molar-refractivity contribution in [3.8, 4) is 11.3 Å². The number of nitrogens with one attached hydrogen (secondary N) is 3. The van der Waals surface area contributed by atoms with E-state index in [9.17, 15) is 14.4 Å². The van der Waals surface area contributed by atoms with Crippen molar-refractivity contribution in [2.45, 2.75) is 37.3 Å². The lowest BCUT2D eigenvalue weighted by molar-refractivity contribution is -0.116. The zero-order valence-corrected chi connectivity index (χ0v) is 27.4. The number of hydrogen-bond donors (Lipinski definition) is 3. The van der Waals surface area contributed by atoms with E-state index in [1.54, 1.807) is 36.4 Å². The van der Waals surface area contributed by atoms with Crippen LogP contribution in [-0.4, -0.2) is 28.0 Å². The van der Waals surface area contributed by atoms with Gasteiger partial charge in [-0.15, -0.1) is 23.1 Å². The van der Waals surface area contributed by atoms with Crippen LogP contribution in [0, 0.1) is 13.8 Å². The van der Waals surface area contributed by atoms with Gasteiger partial charge < -0.3 is 16.0 Å². The lowest BCUT2D eigenvalue weighted by Gasteiger charge is -2.15. The molecule has 0 bridgehead atoms. The molecule has 0 saturated heterocycles. The quantitative estimate of drug-likeness (QED) is 0.0990. The van der Waals surface area contributed by atoms with Gasteiger partial charge in [-0.3, -0.25) is 14.4 Å². The Morgan fingerprint density at radius 1 is 0.848 bits per heavy atom. The molecule has 232 valence electrons. The SMILES string of the molecule is CCC(Sc1cccc(NC(=O)/C(=C/c2ccccc2)NC(=O)c2ccccc2)c1)C(=O)Nc1nc(-c2ccc(C)cc2)c(C)s1. The molecule has 0 saturated carbocycles. The monoisotopic (exact) mass is 646 g/mol. The highest BCUT2D eigenvalue weighted by Crippen LogP contribution is 2.33. The number of aromatic nitrogens is 1. The van der Waals surface area contributed by atoms with Gasteiger partial charge in [0.2, 0.25) is 5.91 Å². The lowest BCUT2D eigenvalue weighted by atomic mass is 10.1. The Labute approximate surface area is 277 Å². The molecule has 1 unspecified atom stereocenters. The van der Waals surface area contributed by atoms with Gasteiger partial charge in [-0.1, -0.05) is 91.3 Å². The molecule has 0 aliphatic heterocycles. The Bertz CT molecular complexity index is 1850. The summed E-state index contributed by atoms with van der Waals surface area (Å²) in [5.41, 5.74) is 4.91. The summed E-state index contributed by atoms with van der Waals surface area (Å²) < 4.78 is 0. The minimum atomic E-state index is -0.469. The summed E-state index contributed by atoms with van der Waals surface area (Å²) >= 11 is 2.87. The molecule has 1 aromatic heterocycles. The minimum Gasteiger partial charge on any atom is -0.321 e. The van der Waals surface area contributed by atoms with Crippen LogP contribution in [0.1, 0.15) is 39.7 Å². The van der Waals surface area contributed by atoms with Crippen LogP contribution < -0.4 is 16.0 Å². The number of aryl methyl sites for hydroxylation is 2. The van der Waals surface area contributed by atoms with Gasteiger partial charge in [-0.2, -0.15) is 0 Å². The number of rotatable bonds is 11. The maximum Gasteiger partial charge on any atom is 0.272 e. The first-order valence-electron chi connectivity index (χ1n) is 14.9. The lowest BCUT2D eigenvalue weighted by Crippen LogP contribution is -2.30. The molecule has 0 radical (unpaired) electrons. The molecule has 0 aliphatic rings. The predicted octanol–water partition coefficient (Wildman–Crippen LogP) is 8.35. The van der Waals surface area contributed by atoms with E-state index in [0.29, 0.717) is 22.8 Å². The van der Waals surface area contributed by atoms with Crippen molar-refractivity contribution in [1.29, 1.82) is 0 Å². The Kier molecular flexibility index (Phi) is 10.8. The number of hydrogen-bond acceptors (Lipinski definition) is 6. The van der Waals surface area contributed by atoms with Crippen LogP contribution in [0.2, 0.25) is 0 Å². The molecular weight excluding hydrogens is 613 g/mol. The fourth-order valence-electron chi connectivity index (χ4n) is 4.61. The van der Waals surface area contributed by atoms with Crippen molar-refractivity contribution in [2.24, 2.45) is 0 Å². The Hall–Kier alpha value is -4.99. The standard InChI is InChI=1S/C37H34N4O3S2/c1-4-32(36(44)41-37-40-33(25(3)45-37)27-20-18-24(2)19-21-27)46-30-17-11-16-29(23-30)38-35(43)31(22-26-12-7-5-8-13-26)39-34(42)28-14-9-6-10-15-28/h5-23,32H,4H2,1-3H3,(H,38,43)(H,39,42)(H,40,41,44)/b31-22-. The molecule has 9 heteroatoms. The Balaban J connectivity index is 1.27. The Morgan fingerprint density at radius 3 is 2.24 bits per heavy atom. The molecule has 5 aromatic rings. The highest BCUT2D eigenvalue weighted by molar-refractivity contribution is 8.00. The highest BCUT2D eigenvalue weighted by atomic mass is 32.2. The largest absolute Gasteiger partial charge is 0.321 e. The van der Waals surface area contributed by atoms with Crippen LogP contribution in [0.3, 0.4) is 0 Å². The molecular formula is C37H34N4O3S2. The van der Waals surface area contributed by atoms with E-state index in [-0.39, 0.29) is 22.8 Å². The zero-order valence-electron chi connectivity index (χ0n) is 25.7. The van der Waals surface area contributed by atoms with Crippen molar-refractivity contribution < 1.29 is 14.4 Å². The number of benzene rings is 4. The Morgan fingerprint density at radius 2 is 1.54 bits per heavy atom. The summed E-state index contributed by atoms with van der Waals surface area (Å²) in [6.45, 7) is 6.01. The average Bonchev–Trinajstić information content (AvgIpc) is 3.43. The second-order valence-electron chi connectivity index (χ2n) is 10.6. The van der Waals surface area contributed by atoms with E-state index in [0.717, 1.165) is 26.6 Å².